The number of rotatable bonds is 4. The minimum atomic E-state index is 0.0667. The topological polar surface area (TPSA) is 43.8 Å². The second kappa shape index (κ2) is 5.21. The van der Waals surface area contributed by atoms with E-state index in [-0.39, 0.29) is 5.54 Å². The molecule has 2 rings (SSSR count). The molecule has 1 aromatic heterocycles. The van der Waals surface area contributed by atoms with Gasteiger partial charge in [0.15, 0.2) is 0 Å². The van der Waals surface area contributed by atoms with Crippen LogP contribution in [0, 0.1) is 5.92 Å². The van der Waals surface area contributed by atoms with Gasteiger partial charge in [0.25, 0.3) is 0 Å². The van der Waals surface area contributed by atoms with Gasteiger partial charge in [-0.2, -0.15) is 5.10 Å². The van der Waals surface area contributed by atoms with Crippen molar-refractivity contribution in [2.24, 2.45) is 18.7 Å². The van der Waals surface area contributed by atoms with Crippen molar-refractivity contribution in [3.63, 3.8) is 0 Å². The van der Waals surface area contributed by atoms with Gasteiger partial charge in [-0.15, -0.1) is 0 Å². The predicted molar refractivity (Wildman–Crippen MR) is 70.7 cm³/mol. The molecule has 0 bridgehead atoms. The summed E-state index contributed by atoms with van der Waals surface area (Å²) in [7, 11) is 2.01. The molecule has 3 nitrogen and oxygen atoms in total. The van der Waals surface area contributed by atoms with Crippen LogP contribution >= 0.6 is 0 Å². The van der Waals surface area contributed by atoms with Crippen LogP contribution in [0.3, 0.4) is 0 Å². The lowest BCUT2D eigenvalue weighted by Gasteiger charge is -2.41. The van der Waals surface area contributed by atoms with Crippen molar-refractivity contribution in [1.29, 1.82) is 0 Å². The first kappa shape index (κ1) is 12.6. The highest BCUT2D eigenvalue weighted by Gasteiger charge is 2.35. The summed E-state index contributed by atoms with van der Waals surface area (Å²) in [4.78, 5) is 0. The number of hydrogen-bond donors (Lipinski definition) is 1. The summed E-state index contributed by atoms with van der Waals surface area (Å²) in [6, 6.07) is 2.10. The Balaban J connectivity index is 1.98. The summed E-state index contributed by atoms with van der Waals surface area (Å²) in [6.07, 6.45) is 10.4. The molecule has 0 aliphatic heterocycles. The zero-order chi connectivity index (χ0) is 12.3. The third-order valence-electron chi connectivity index (χ3n) is 4.52. The van der Waals surface area contributed by atoms with Crippen molar-refractivity contribution in [3.05, 3.63) is 18.0 Å². The van der Waals surface area contributed by atoms with Gasteiger partial charge >= 0.3 is 0 Å². The quantitative estimate of drug-likeness (QED) is 0.872. The molecule has 1 saturated carbocycles. The molecule has 1 heterocycles. The average molecular weight is 235 g/mol. The highest BCUT2D eigenvalue weighted by molar-refractivity contribution is 5.03. The van der Waals surface area contributed by atoms with Gasteiger partial charge in [0.1, 0.15) is 0 Å². The SMILES string of the molecule is CCC1CCCCC1(N)CCc1ccnn1C. The lowest BCUT2D eigenvalue weighted by molar-refractivity contribution is 0.171. The lowest BCUT2D eigenvalue weighted by Crippen LogP contribution is -2.49. The molecule has 0 spiro atoms. The Kier molecular flexibility index (Phi) is 3.87. The summed E-state index contributed by atoms with van der Waals surface area (Å²) in [5.74, 6) is 0.712. The maximum Gasteiger partial charge on any atom is 0.0492 e. The summed E-state index contributed by atoms with van der Waals surface area (Å²) in [5.41, 5.74) is 8.02. The standard InChI is InChI=1S/C14H25N3/c1-3-12-6-4-5-9-14(12,15)10-7-13-8-11-16-17(13)2/h8,11-12H,3-7,9-10,15H2,1-2H3. The number of aromatic nitrogens is 2. The van der Waals surface area contributed by atoms with E-state index in [1.54, 1.807) is 0 Å². The van der Waals surface area contributed by atoms with Crippen LogP contribution in [0.1, 0.15) is 51.1 Å². The first-order valence-corrected chi connectivity index (χ1v) is 6.91. The molecule has 96 valence electrons. The van der Waals surface area contributed by atoms with Gasteiger partial charge in [-0.3, -0.25) is 4.68 Å². The minimum absolute atomic E-state index is 0.0667. The highest BCUT2D eigenvalue weighted by Crippen LogP contribution is 2.36. The van der Waals surface area contributed by atoms with Gasteiger partial charge in [-0.25, -0.2) is 0 Å². The van der Waals surface area contributed by atoms with Crippen LogP contribution in [0.15, 0.2) is 12.3 Å². The van der Waals surface area contributed by atoms with Crippen molar-refractivity contribution in [1.82, 2.24) is 9.78 Å². The van der Waals surface area contributed by atoms with Crippen LogP contribution in [0.5, 0.6) is 0 Å². The minimum Gasteiger partial charge on any atom is -0.325 e. The second-order valence-corrected chi connectivity index (χ2v) is 5.53. The monoisotopic (exact) mass is 235 g/mol. The molecule has 2 atom stereocenters. The van der Waals surface area contributed by atoms with Crippen molar-refractivity contribution in [2.45, 2.75) is 57.4 Å². The average Bonchev–Trinajstić information content (AvgIpc) is 2.73. The predicted octanol–water partition coefficient (Wildman–Crippen LogP) is 2.65. The molecule has 1 aliphatic carbocycles. The van der Waals surface area contributed by atoms with Gasteiger partial charge in [0.2, 0.25) is 0 Å². The normalized spacial score (nSPS) is 29.5. The Morgan fingerprint density at radius 3 is 3.00 bits per heavy atom. The third-order valence-corrected chi connectivity index (χ3v) is 4.52. The summed E-state index contributed by atoms with van der Waals surface area (Å²) < 4.78 is 1.97. The Morgan fingerprint density at radius 2 is 2.35 bits per heavy atom. The zero-order valence-corrected chi connectivity index (χ0v) is 11.2. The van der Waals surface area contributed by atoms with E-state index in [1.165, 1.54) is 37.8 Å². The van der Waals surface area contributed by atoms with E-state index in [4.69, 9.17) is 5.73 Å². The second-order valence-electron chi connectivity index (χ2n) is 5.53. The van der Waals surface area contributed by atoms with Crippen LogP contribution in [0.25, 0.3) is 0 Å². The molecule has 0 aromatic carbocycles. The molecule has 0 amide bonds. The van der Waals surface area contributed by atoms with E-state index in [0.717, 1.165) is 12.8 Å². The van der Waals surface area contributed by atoms with E-state index >= 15 is 0 Å². The van der Waals surface area contributed by atoms with Gasteiger partial charge in [0.05, 0.1) is 0 Å². The number of hydrogen-bond acceptors (Lipinski definition) is 2. The van der Waals surface area contributed by atoms with Gasteiger partial charge in [-0.05, 0) is 37.7 Å². The molecule has 0 radical (unpaired) electrons. The van der Waals surface area contributed by atoms with Crippen LogP contribution in [-0.2, 0) is 13.5 Å². The van der Waals surface area contributed by atoms with Gasteiger partial charge in [-0.1, -0.05) is 26.2 Å². The molecule has 1 fully saturated rings. The van der Waals surface area contributed by atoms with Crippen LogP contribution in [0.2, 0.25) is 0 Å². The van der Waals surface area contributed by atoms with Crippen LogP contribution in [0.4, 0.5) is 0 Å². The Morgan fingerprint density at radius 1 is 1.53 bits per heavy atom. The van der Waals surface area contributed by atoms with Gasteiger partial charge < -0.3 is 5.73 Å². The maximum atomic E-state index is 6.65. The maximum absolute atomic E-state index is 6.65. The summed E-state index contributed by atoms with van der Waals surface area (Å²) in [6.45, 7) is 2.28. The summed E-state index contributed by atoms with van der Waals surface area (Å²) >= 11 is 0. The van der Waals surface area contributed by atoms with Crippen molar-refractivity contribution >= 4 is 0 Å². The Labute approximate surface area is 104 Å². The van der Waals surface area contributed by atoms with Crippen LogP contribution in [-0.4, -0.2) is 15.3 Å². The third kappa shape index (κ3) is 2.71. The van der Waals surface area contributed by atoms with E-state index in [0.29, 0.717) is 5.92 Å². The molecular formula is C14H25N3. The van der Waals surface area contributed by atoms with E-state index in [2.05, 4.69) is 18.1 Å². The summed E-state index contributed by atoms with van der Waals surface area (Å²) in [5, 5.41) is 4.22. The van der Waals surface area contributed by atoms with Crippen molar-refractivity contribution < 1.29 is 0 Å². The number of aryl methyl sites for hydroxylation is 2. The number of nitrogens with two attached hydrogens (primary N) is 1. The fourth-order valence-electron chi connectivity index (χ4n) is 3.28. The van der Waals surface area contributed by atoms with E-state index in [9.17, 15) is 0 Å². The van der Waals surface area contributed by atoms with E-state index < -0.39 is 0 Å². The smallest absolute Gasteiger partial charge is 0.0492 e. The molecule has 17 heavy (non-hydrogen) atoms. The molecule has 2 N–H and O–H groups in total. The molecule has 1 aliphatic rings. The molecule has 0 saturated heterocycles. The molecule has 3 heteroatoms. The Hall–Kier alpha value is -0.830. The van der Waals surface area contributed by atoms with Crippen LogP contribution < -0.4 is 5.73 Å². The van der Waals surface area contributed by atoms with Crippen molar-refractivity contribution in [2.75, 3.05) is 0 Å². The van der Waals surface area contributed by atoms with Gasteiger partial charge in [0, 0.05) is 24.5 Å². The lowest BCUT2D eigenvalue weighted by atomic mass is 9.70. The number of nitrogens with zero attached hydrogens (tertiary/aromatic N) is 2. The molecule has 1 aromatic rings. The van der Waals surface area contributed by atoms with Crippen molar-refractivity contribution in [3.8, 4) is 0 Å². The Bertz CT molecular complexity index is 358. The largest absolute Gasteiger partial charge is 0.325 e. The molecular weight excluding hydrogens is 210 g/mol. The fourth-order valence-corrected chi connectivity index (χ4v) is 3.28. The first-order chi connectivity index (χ1) is 8.15. The fraction of sp³-hybridized carbons (Fsp3) is 0.786. The zero-order valence-electron chi connectivity index (χ0n) is 11.2. The van der Waals surface area contributed by atoms with E-state index in [1.807, 2.05) is 17.9 Å². The highest BCUT2D eigenvalue weighted by atomic mass is 15.2. The first-order valence-electron chi connectivity index (χ1n) is 6.91. The molecule has 2 unspecified atom stereocenters.